The van der Waals surface area contributed by atoms with Crippen LogP contribution in [0, 0.1) is 0 Å². The number of fused-ring (bicyclic) bond motifs is 8. The van der Waals surface area contributed by atoms with Gasteiger partial charge in [-0.25, -0.2) is 0 Å². The Morgan fingerprint density at radius 2 is 1.19 bits per heavy atom. The molecule has 0 saturated heterocycles. The molecule has 0 radical (unpaired) electrons. The zero-order chi connectivity index (χ0) is 17.8. The van der Waals surface area contributed by atoms with Crippen LogP contribution in [-0.4, -0.2) is 4.98 Å². The third kappa shape index (κ3) is 1.98. The lowest BCUT2D eigenvalue weighted by molar-refractivity contribution is 0.674. The van der Waals surface area contributed by atoms with Gasteiger partial charge in [0.2, 0.25) is 0 Å². The maximum atomic E-state index is 6.52. The Balaban J connectivity index is 1.89. The van der Waals surface area contributed by atoms with Gasteiger partial charge >= 0.3 is 0 Å². The topological polar surface area (TPSA) is 26.0 Å². The number of pyridine rings is 1. The summed E-state index contributed by atoms with van der Waals surface area (Å²) in [7, 11) is 0. The molecular formula is C25H15NO. The van der Waals surface area contributed by atoms with Crippen LogP contribution in [0.5, 0.6) is 0 Å². The van der Waals surface area contributed by atoms with Crippen molar-refractivity contribution < 1.29 is 4.42 Å². The van der Waals surface area contributed by atoms with Crippen LogP contribution >= 0.6 is 0 Å². The molecule has 4 aromatic carbocycles. The van der Waals surface area contributed by atoms with E-state index in [2.05, 4.69) is 71.7 Å². The first kappa shape index (κ1) is 14.5. The van der Waals surface area contributed by atoms with Crippen molar-refractivity contribution in [3.8, 4) is 11.3 Å². The average Bonchev–Trinajstić information content (AvgIpc) is 3.15. The highest BCUT2D eigenvalue weighted by Crippen LogP contribution is 2.42. The van der Waals surface area contributed by atoms with Crippen molar-refractivity contribution in [3.05, 3.63) is 91.1 Å². The van der Waals surface area contributed by atoms with Gasteiger partial charge in [-0.2, -0.15) is 0 Å². The first-order chi connectivity index (χ1) is 13.4. The lowest BCUT2D eigenvalue weighted by Crippen LogP contribution is -1.82. The molecule has 2 heterocycles. The summed E-state index contributed by atoms with van der Waals surface area (Å²) in [6, 6.07) is 29.3. The van der Waals surface area contributed by atoms with E-state index in [0.29, 0.717) is 0 Å². The Labute approximate surface area is 155 Å². The zero-order valence-electron chi connectivity index (χ0n) is 14.5. The van der Waals surface area contributed by atoms with Crippen LogP contribution in [0.15, 0.2) is 95.5 Å². The van der Waals surface area contributed by atoms with E-state index in [1.54, 1.807) is 0 Å². The van der Waals surface area contributed by atoms with E-state index in [1.165, 1.54) is 21.5 Å². The quantitative estimate of drug-likeness (QED) is 0.301. The fourth-order valence-corrected chi connectivity index (χ4v) is 4.15. The molecule has 6 aromatic rings. The van der Waals surface area contributed by atoms with Crippen LogP contribution in [0.2, 0.25) is 0 Å². The van der Waals surface area contributed by atoms with Crippen LogP contribution in [0.25, 0.3) is 54.7 Å². The molecule has 27 heavy (non-hydrogen) atoms. The highest BCUT2D eigenvalue weighted by Gasteiger charge is 2.17. The second kappa shape index (κ2) is 5.42. The third-order valence-corrected chi connectivity index (χ3v) is 5.31. The number of hydrogen-bond donors (Lipinski definition) is 0. The standard InChI is InChI=1S/C25H15NO/c1-3-10-18-16(8-1)17-9-2-4-11-19(17)25-23(18)21-13-7-12-20(24(21)27-25)22-14-5-6-15-26-22/h1-15H. The van der Waals surface area contributed by atoms with Crippen molar-refractivity contribution in [2.75, 3.05) is 0 Å². The van der Waals surface area contributed by atoms with Gasteiger partial charge in [-0.1, -0.05) is 66.7 Å². The fraction of sp³-hybridized carbons (Fsp3) is 0. The fourth-order valence-electron chi connectivity index (χ4n) is 4.15. The van der Waals surface area contributed by atoms with E-state index in [-0.39, 0.29) is 0 Å². The van der Waals surface area contributed by atoms with E-state index in [0.717, 1.165) is 33.2 Å². The smallest absolute Gasteiger partial charge is 0.144 e. The largest absolute Gasteiger partial charge is 0.455 e. The molecule has 0 aliphatic rings. The molecule has 0 saturated carbocycles. The Morgan fingerprint density at radius 1 is 0.519 bits per heavy atom. The molecule has 0 aliphatic carbocycles. The molecule has 0 spiro atoms. The van der Waals surface area contributed by atoms with Gasteiger partial charge in [0.05, 0.1) is 5.69 Å². The Kier molecular flexibility index (Phi) is 2.91. The molecule has 0 amide bonds. The molecule has 6 rings (SSSR count). The summed E-state index contributed by atoms with van der Waals surface area (Å²) in [5.41, 5.74) is 3.80. The maximum Gasteiger partial charge on any atom is 0.144 e. The summed E-state index contributed by atoms with van der Waals surface area (Å²) in [5.74, 6) is 0. The molecular weight excluding hydrogens is 330 g/mol. The minimum atomic E-state index is 0.896. The summed E-state index contributed by atoms with van der Waals surface area (Å²) in [4.78, 5) is 4.53. The summed E-state index contributed by atoms with van der Waals surface area (Å²) in [6.45, 7) is 0. The van der Waals surface area contributed by atoms with Crippen molar-refractivity contribution in [2.45, 2.75) is 0 Å². The molecule has 0 aliphatic heterocycles. The van der Waals surface area contributed by atoms with Gasteiger partial charge in [0.15, 0.2) is 0 Å². The highest BCUT2D eigenvalue weighted by molar-refractivity contribution is 6.30. The predicted octanol–water partition coefficient (Wildman–Crippen LogP) is 6.95. The first-order valence-corrected chi connectivity index (χ1v) is 9.08. The SMILES string of the molecule is c1ccc(-c2cccc3c2oc2c4ccccc4c4ccccc4c32)nc1. The Bertz CT molecular complexity index is 1460. The van der Waals surface area contributed by atoms with Gasteiger partial charge < -0.3 is 4.42 Å². The van der Waals surface area contributed by atoms with E-state index in [1.807, 2.05) is 24.4 Å². The lowest BCUT2D eigenvalue weighted by Gasteiger charge is -2.05. The van der Waals surface area contributed by atoms with Gasteiger partial charge in [-0.3, -0.25) is 4.98 Å². The minimum Gasteiger partial charge on any atom is -0.455 e. The Morgan fingerprint density at radius 3 is 1.96 bits per heavy atom. The number of hydrogen-bond acceptors (Lipinski definition) is 2. The molecule has 0 unspecified atom stereocenters. The molecule has 126 valence electrons. The van der Waals surface area contributed by atoms with Crippen molar-refractivity contribution >= 4 is 43.5 Å². The molecule has 0 N–H and O–H groups in total. The molecule has 0 bridgehead atoms. The van der Waals surface area contributed by atoms with Crippen LogP contribution in [0.1, 0.15) is 0 Å². The Hall–Kier alpha value is -3.65. The van der Waals surface area contributed by atoms with Crippen LogP contribution in [0.4, 0.5) is 0 Å². The van der Waals surface area contributed by atoms with Crippen molar-refractivity contribution in [3.63, 3.8) is 0 Å². The summed E-state index contributed by atoms with van der Waals surface area (Å²) in [6.07, 6.45) is 1.82. The lowest BCUT2D eigenvalue weighted by atomic mass is 9.96. The monoisotopic (exact) mass is 345 g/mol. The normalized spacial score (nSPS) is 11.7. The highest BCUT2D eigenvalue weighted by atomic mass is 16.3. The summed E-state index contributed by atoms with van der Waals surface area (Å²) >= 11 is 0. The van der Waals surface area contributed by atoms with Crippen molar-refractivity contribution in [1.29, 1.82) is 0 Å². The van der Waals surface area contributed by atoms with Crippen molar-refractivity contribution in [1.82, 2.24) is 4.98 Å². The van der Waals surface area contributed by atoms with Crippen LogP contribution < -0.4 is 0 Å². The van der Waals surface area contributed by atoms with Gasteiger partial charge in [0.25, 0.3) is 0 Å². The number of rotatable bonds is 1. The third-order valence-electron chi connectivity index (χ3n) is 5.31. The first-order valence-electron chi connectivity index (χ1n) is 9.08. The van der Waals surface area contributed by atoms with Gasteiger partial charge in [0.1, 0.15) is 11.2 Å². The van der Waals surface area contributed by atoms with Gasteiger partial charge in [0, 0.05) is 27.9 Å². The number of furan rings is 1. The summed E-state index contributed by atoms with van der Waals surface area (Å²) in [5, 5.41) is 7.16. The molecule has 2 heteroatoms. The second-order valence-electron chi connectivity index (χ2n) is 6.79. The predicted molar refractivity (Wildman–Crippen MR) is 112 cm³/mol. The van der Waals surface area contributed by atoms with Crippen molar-refractivity contribution in [2.24, 2.45) is 0 Å². The zero-order valence-corrected chi connectivity index (χ0v) is 14.5. The number of nitrogens with zero attached hydrogens (tertiary/aromatic N) is 1. The summed E-state index contributed by atoms with van der Waals surface area (Å²) < 4.78 is 6.52. The second-order valence-corrected chi connectivity index (χ2v) is 6.79. The molecule has 0 fully saturated rings. The van der Waals surface area contributed by atoms with Crippen LogP contribution in [0.3, 0.4) is 0 Å². The maximum absolute atomic E-state index is 6.52. The number of aromatic nitrogens is 1. The van der Waals surface area contributed by atoms with E-state index in [9.17, 15) is 0 Å². The molecule has 0 atom stereocenters. The minimum absolute atomic E-state index is 0.896. The van der Waals surface area contributed by atoms with E-state index in [4.69, 9.17) is 4.42 Å². The number of benzene rings is 4. The average molecular weight is 345 g/mol. The van der Waals surface area contributed by atoms with Gasteiger partial charge in [-0.05, 0) is 34.4 Å². The molecule has 2 aromatic heterocycles. The molecule has 2 nitrogen and oxygen atoms in total. The van der Waals surface area contributed by atoms with E-state index >= 15 is 0 Å². The van der Waals surface area contributed by atoms with E-state index < -0.39 is 0 Å². The van der Waals surface area contributed by atoms with Gasteiger partial charge in [-0.15, -0.1) is 0 Å². The van der Waals surface area contributed by atoms with Crippen LogP contribution in [-0.2, 0) is 0 Å². The number of para-hydroxylation sites is 1.